The number of amides is 1. The zero-order valence-electron chi connectivity index (χ0n) is 11.7. The van der Waals surface area contributed by atoms with Crippen LogP contribution in [0.25, 0.3) is 0 Å². The average Bonchev–Trinajstić information content (AvgIpc) is 2.84. The summed E-state index contributed by atoms with van der Waals surface area (Å²) in [5, 5.41) is 0.642. The molecule has 20 heavy (non-hydrogen) atoms. The zero-order valence-corrected chi connectivity index (χ0v) is 12.5. The van der Waals surface area contributed by atoms with Gasteiger partial charge in [0, 0.05) is 18.1 Å². The van der Waals surface area contributed by atoms with Crippen LogP contribution in [0.3, 0.4) is 0 Å². The molecule has 0 bridgehead atoms. The SMILES string of the molecule is CN(CCOc1cccc(Cl)c1)C(=O)C1CCCC1N. The first-order valence-corrected chi connectivity index (χ1v) is 7.34. The van der Waals surface area contributed by atoms with Gasteiger partial charge in [0.05, 0.1) is 12.5 Å². The Balaban J connectivity index is 1.77. The summed E-state index contributed by atoms with van der Waals surface area (Å²) in [7, 11) is 1.80. The molecule has 1 aromatic rings. The van der Waals surface area contributed by atoms with Crippen LogP contribution < -0.4 is 10.5 Å². The van der Waals surface area contributed by atoms with Gasteiger partial charge in [-0.15, -0.1) is 0 Å². The molecule has 5 heteroatoms. The van der Waals surface area contributed by atoms with Crippen LogP contribution in [0.5, 0.6) is 5.75 Å². The highest BCUT2D eigenvalue weighted by Gasteiger charge is 2.31. The van der Waals surface area contributed by atoms with E-state index in [-0.39, 0.29) is 17.9 Å². The summed E-state index contributed by atoms with van der Waals surface area (Å²) in [5.74, 6) is 0.826. The van der Waals surface area contributed by atoms with Gasteiger partial charge < -0.3 is 15.4 Å². The van der Waals surface area contributed by atoms with Gasteiger partial charge in [-0.25, -0.2) is 0 Å². The van der Waals surface area contributed by atoms with Crippen molar-refractivity contribution in [2.45, 2.75) is 25.3 Å². The average molecular weight is 297 g/mol. The number of hydrogen-bond donors (Lipinski definition) is 1. The van der Waals surface area contributed by atoms with Crippen molar-refractivity contribution in [2.75, 3.05) is 20.2 Å². The highest BCUT2D eigenvalue weighted by molar-refractivity contribution is 6.30. The minimum absolute atomic E-state index is 0.0128. The smallest absolute Gasteiger partial charge is 0.227 e. The van der Waals surface area contributed by atoms with Crippen LogP contribution in [0.4, 0.5) is 0 Å². The van der Waals surface area contributed by atoms with Crippen molar-refractivity contribution in [3.05, 3.63) is 29.3 Å². The lowest BCUT2D eigenvalue weighted by atomic mass is 10.0. The maximum absolute atomic E-state index is 12.2. The molecule has 1 aliphatic carbocycles. The maximum Gasteiger partial charge on any atom is 0.227 e. The van der Waals surface area contributed by atoms with Gasteiger partial charge >= 0.3 is 0 Å². The number of rotatable bonds is 5. The highest BCUT2D eigenvalue weighted by Crippen LogP contribution is 2.25. The number of hydrogen-bond acceptors (Lipinski definition) is 3. The third kappa shape index (κ3) is 3.87. The highest BCUT2D eigenvalue weighted by atomic mass is 35.5. The van der Waals surface area contributed by atoms with E-state index in [2.05, 4.69) is 0 Å². The van der Waals surface area contributed by atoms with Crippen molar-refractivity contribution >= 4 is 17.5 Å². The summed E-state index contributed by atoms with van der Waals surface area (Å²) in [6.07, 6.45) is 2.90. The monoisotopic (exact) mass is 296 g/mol. The Morgan fingerprint density at radius 2 is 2.30 bits per heavy atom. The molecule has 2 atom stereocenters. The van der Waals surface area contributed by atoms with Crippen molar-refractivity contribution in [3.8, 4) is 5.75 Å². The van der Waals surface area contributed by atoms with Crippen LogP contribution in [0.2, 0.25) is 5.02 Å². The van der Waals surface area contributed by atoms with Gasteiger partial charge in [-0.05, 0) is 31.0 Å². The Kier molecular flexibility index (Phi) is 5.26. The zero-order chi connectivity index (χ0) is 14.5. The molecule has 0 spiro atoms. The molecule has 0 saturated heterocycles. The molecule has 4 nitrogen and oxygen atoms in total. The van der Waals surface area contributed by atoms with Gasteiger partial charge in [-0.1, -0.05) is 24.1 Å². The Morgan fingerprint density at radius 3 is 2.95 bits per heavy atom. The first-order chi connectivity index (χ1) is 9.58. The number of carbonyl (C=O) groups excluding carboxylic acids is 1. The van der Waals surface area contributed by atoms with Crippen LogP contribution in [0.1, 0.15) is 19.3 Å². The van der Waals surface area contributed by atoms with E-state index >= 15 is 0 Å². The van der Waals surface area contributed by atoms with Crippen LogP contribution in [0, 0.1) is 5.92 Å². The topological polar surface area (TPSA) is 55.6 Å². The van der Waals surface area contributed by atoms with E-state index in [1.807, 2.05) is 12.1 Å². The number of nitrogens with zero attached hydrogens (tertiary/aromatic N) is 1. The van der Waals surface area contributed by atoms with Crippen LogP contribution in [-0.2, 0) is 4.79 Å². The Bertz CT molecular complexity index is 467. The van der Waals surface area contributed by atoms with E-state index in [0.29, 0.717) is 18.2 Å². The first-order valence-electron chi connectivity index (χ1n) is 6.97. The number of ether oxygens (including phenoxy) is 1. The lowest BCUT2D eigenvalue weighted by Gasteiger charge is -2.23. The van der Waals surface area contributed by atoms with E-state index in [1.165, 1.54) is 0 Å². The molecule has 2 N–H and O–H groups in total. The Hall–Kier alpha value is -1.26. The number of likely N-dealkylation sites (N-methyl/N-ethyl adjacent to an activating group) is 1. The molecule has 0 aromatic heterocycles. The van der Waals surface area contributed by atoms with E-state index < -0.39 is 0 Å². The van der Waals surface area contributed by atoms with Gasteiger partial charge in [0.15, 0.2) is 0 Å². The van der Waals surface area contributed by atoms with E-state index in [1.54, 1.807) is 24.1 Å². The predicted octanol–water partition coefficient (Wildman–Crippen LogP) is 2.30. The Labute approximate surface area is 124 Å². The van der Waals surface area contributed by atoms with Gasteiger partial charge in [-0.3, -0.25) is 4.79 Å². The summed E-state index contributed by atoms with van der Waals surface area (Å²) in [5.41, 5.74) is 5.96. The summed E-state index contributed by atoms with van der Waals surface area (Å²) in [6.45, 7) is 0.999. The molecule has 1 saturated carbocycles. The van der Waals surface area contributed by atoms with Crippen LogP contribution in [-0.4, -0.2) is 37.0 Å². The quantitative estimate of drug-likeness (QED) is 0.907. The molecule has 2 unspecified atom stereocenters. The summed E-state index contributed by atoms with van der Waals surface area (Å²) in [6, 6.07) is 7.26. The Morgan fingerprint density at radius 1 is 1.50 bits per heavy atom. The summed E-state index contributed by atoms with van der Waals surface area (Å²) in [4.78, 5) is 13.9. The summed E-state index contributed by atoms with van der Waals surface area (Å²) < 4.78 is 5.59. The molecule has 1 fully saturated rings. The second kappa shape index (κ2) is 6.95. The molecule has 1 aliphatic rings. The molecule has 0 heterocycles. The lowest BCUT2D eigenvalue weighted by Crippen LogP contribution is -2.41. The fourth-order valence-electron chi connectivity index (χ4n) is 2.55. The molecule has 0 aliphatic heterocycles. The van der Waals surface area contributed by atoms with E-state index in [9.17, 15) is 4.79 Å². The number of halogens is 1. The van der Waals surface area contributed by atoms with Crippen molar-refractivity contribution in [3.63, 3.8) is 0 Å². The fraction of sp³-hybridized carbons (Fsp3) is 0.533. The van der Waals surface area contributed by atoms with E-state index in [4.69, 9.17) is 22.1 Å². The molecule has 0 radical (unpaired) electrons. The van der Waals surface area contributed by atoms with Gasteiger partial charge in [0.1, 0.15) is 12.4 Å². The third-order valence-electron chi connectivity index (χ3n) is 3.75. The number of benzene rings is 1. The van der Waals surface area contributed by atoms with E-state index in [0.717, 1.165) is 25.0 Å². The predicted molar refractivity (Wildman–Crippen MR) is 79.9 cm³/mol. The second-order valence-corrected chi connectivity index (χ2v) is 5.70. The molecule has 1 aromatic carbocycles. The molecule has 2 rings (SSSR count). The number of nitrogens with two attached hydrogens (primary N) is 1. The maximum atomic E-state index is 12.2. The number of carbonyl (C=O) groups is 1. The lowest BCUT2D eigenvalue weighted by molar-refractivity contribution is -0.134. The van der Waals surface area contributed by atoms with Crippen LogP contribution in [0.15, 0.2) is 24.3 Å². The van der Waals surface area contributed by atoms with Crippen molar-refractivity contribution < 1.29 is 9.53 Å². The minimum Gasteiger partial charge on any atom is -0.492 e. The third-order valence-corrected chi connectivity index (χ3v) is 3.99. The molecule has 110 valence electrons. The first kappa shape index (κ1) is 15.1. The fourth-order valence-corrected chi connectivity index (χ4v) is 2.73. The largest absolute Gasteiger partial charge is 0.492 e. The normalized spacial score (nSPS) is 21.8. The van der Waals surface area contributed by atoms with Crippen LogP contribution >= 0.6 is 11.6 Å². The minimum atomic E-state index is -0.0221. The van der Waals surface area contributed by atoms with Crippen molar-refractivity contribution in [2.24, 2.45) is 11.7 Å². The molecular formula is C15H21ClN2O2. The van der Waals surface area contributed by atoms with Gasteiger partial charge in [0.2, 0.25) is 5.91 Å². The molecule has 1 amide bonds. The summed E-state index contributed by atoms with van der Waals surface area (Å²) >= 11 is 5.88. The van der Waals surface area contributed by atoms with Gasteiger partial charge in [0.25, 0.3) is 0 Å². The second-order valence-electron chi connectivity index (χ2n) is 5.27. The van der Waals surface area contributed by atoms with Gasteiger partial charge in [-0.2, -0.15) is 0 Å². The standard InChI is InChI=1S/C15H21ClN2O2/c1-18(15(19)13-6-3-7-14(13)17)8-9-20-12-5-2-4-11(16)10-12/h2,4-5,10,13-14H,3,6-9,17H2,1H3. The van der Waals surface area contributed by atoms with Crippen molar-refractivity contribution in [1.29, 1.82) is 0 Å². The molecular weight excluding hydrogens is 276 g/mol. The van der Waals surface area contributed by atoms with Crippen molar-refractivity contribution in [1.82, 2.24) is 4.90 Å².